The first-order valence-corrected chi connectivity index (χ1v) is 9.79. The van der Waals surface area contributed by atoms with Crippen LogP contribution in [0.25, 0.3) is 11.2 Å². The first kappa shape index (κ1) is 19.8. The van der Waals surface area contributed by atoms with Gasteiger partial charge in [-0.15, -0.1) is 0 Å². The van der Waals surface area contributed by atoms with Gasteiger partial charge in [-0.25, -0.2) is 23.9 Å². The van der Waals surface area contributed by atoms with E-state index in [-0.39, 0.29) is 6.54 Å². The Kier molecular flexibility index (Phi) is 5.53. The molecule has 0 radical (unpaired) electrons. The molecule has 3 aromatic rings. The van der Waals surface area contributed by atoms with Crippen LogP contribution in [0.5, 0.6) is 0 Å². The maximum atomic E-state index is 10.8. The molecule has 1 aliphatic heterocycles. The highest BCUT2D eigenvalue weighted by molar-refractivity contribution is 7.77. The zero-order chi connectivity index (χ0) is 20.5. The highest BCUT2D eigenvalue weighted by atomic mass is 32.2. The van der Waals surface area contributed by atoms with Gasteiger partial charge < -0.3 is 20.3 Å². The molecular weight excluding hydrogens is 404 g/mol. The molecule has 0 spiro atoms. The zero-order valence-electron chi connectivity index (χ0n) is 15.3. The predicted molar refractivity (Wildman–Crippen MR) is 101 cm³/mol. The lowest BCUT2D eigenvalue weighted by Crippen LogP contribution is -2.38. The van der Waals surface area contributed by atoms with Gasteiger partial charge in [0.15, 0.2) is 23.2 Å². The summed E-state index contributed by atoms with van der Waals surface area (Å²) in [5.41, 5.74) is 1.84. The monoisotopic (exact) mass is 424 g/mol. The molecule has 29 heavy (non-hydrogen) atoms. The fraction of sp³-hybridized carbons (Fsp3) is 0.467. The number of aryl methyl sites for hydroxylation is 1. The Hall–Kier alpha value is -2.49. The minimum absolute atomic E-state index is 0.114. The maximum Gasteiger partial charge on any atom is 0.231 e. The second-order valence-corrected chi connectivity index (χ2v) is 7.35. The van der Waals surface area contributed by atoms with Gasteiger partial charge in [-0.1, -0.05) is 0 Å². The highest BCUT2D eigenvalue weighted by Gasteiger charge is 2.44. The molecule has 1 saturated heterocycles. The summed E-state index contributed by atoms with van der Waals surface area (Å²) in [5, 5.41) is 27.9. The highest BCUT2D eigenvalue weighted by Crippen LogP contribution is 2.32. The largest absolute Gasteiger partial charge is 0.387 e. The van der Waals surface area contributed by atoms with Crippen LogP contribution in [0.2, 0.25) is 0 Å². The molecule has 0 aromatic carbocycles. The zero-order valence-corrected chi connectivity index (χ0v) is 16.1. The van der Waals surface area contributed by atoms with Crippen molar-refractivity contribution in [2.75, 3.05) is 11.9 Å². The lowest BCUT2D eigenvalue weighted by Gasteiger charge is -2.16. The summed E-state index contributed by atoms with van der Waals surface area (Å²) in [6.07, 6.45) is 2.05. The van der Waals surface area contributed by atoms with Crippen LogP contribution in [0.3, 0.4) is 0 Å². The van der Waals surface area contributed by atoms with Crippen LogP contribution in [0.4, 0.5) is 5.82 Å². The van der Waals surface area contributed by atoms with Crippen molar-refractivity contribution in [3.05, 3.63) is 30.6 Å². The van der Waals surface area contributed by atoms with E-state index in [1.165, 1.54) is 17.2 Å². The molecule has 13 nitrogen and oxygen atoms in total. The minimum Gasteiger partial charge on any atom is -0.387 e. The Balaban J connectivity index is 1.55. The van der Waals surface area contributed by atoms with E-state index in [1.807, 2.05) is 13.2 Å². The molecule has 156 valence electrons. The molecule has 0 aliphatic carbocycles. The summed E-state index contributed by atoms with van der Waals surface area (Å²) in [5.74, 6) is 0.500. The molecule has 4 heterocycles. The Labute approximate surface area is 167 Å². The predicted octanol–water partition coefficient (Wildman–Crippen LogP) is -1.48. The molecule has 3 aromatic heterocycles. The van der Waals surface area contributed by atoms with Crippen LogP contribution < -0.4 is 10.0 Å². The summed E-state index contributed by atoms with van der Waals surface area (Å²) in [7, 11) is 1.83. The summed E-state index contributed by atoms with van der Waals surface area (Å²) < 4.78 is 30.8. The third-order valence-corrected chi connectivity index (χ3v) is 5.01. The number of fused-ring (bicyclic) bond motifs is 1. The van der Waals surface area contributed by atoms with Crippen molar-refractivity contribution in [3.8, 4) is 0 Å². The van der Waals surface area contributed by atoms with E-state index in [2.05, 4.69) is 30.1 Å². The van der Waals surface area contributed by atoms with Crippen molar-refractivity contribution in [1.29, 1.82) is 0 Å². The smallest absolute Gasteiger partial charge is 0.231 e. The quantitative estimate of drug-likeness (QED) is 0.281. The van der Waals surface area contributed by atoms with E-state index in [4.69, 9.17) is 9.29 Å². The van der Waals surface area contributed by atoms with E-state index >= 15 is 0 Å². The second-order valence-electron chi connectivity index (χ2n) is 6.57. The van der Waals surface area contributed by atoms with Gasteiger partial charge in [-0.3, -0.25) is 13.8 Å². The fourth-order valence-corrected chi connectivity index (χ4v) is 3.50. The van der Waals surface area contributed by atoms with Crippen LogP contribution in [0, 0.1) is 0 Å². The number of nitrogens with zero attached hydrogens (tertiary/aromatic N) is 6. The molecule has 0 amide bonds. The number of aliphatic hydroxyl groups excluding tert-OH is 2. The van der Waals surface area contributed by atoms with Gasteiger partial charge in [0.05, 0.1) is 12.5 Å². The van der Waals surface area contributed by atoms with Gasteiger partial charge in [0.1, 0.15) is 24.6 Å². The summed E-state index contributed by atoms with van der Waals surface area (Å²) in [4.78, 5) is 12.8. The molecule has 4 rings (SSSR count). The molecule has 5 atom stereocenters. The van der Waals surface area contributed by atoms with Crippen molar-refractivity contribution in [2.24, 2.45) is 7.05 Å². The van der Waals surface area contributed by atoms with Gasteiger partial charge in [-0.05, 0) is 0 Å². The number of nitrogens with one attached hydrogen (secondary N) is 2. The van der Waals surface area contributed by atoms with Crippen LogP contribution in [0.1, 0.15) is 11.8 Å². The molecule has 1 fully saturated rings. The van der Waals surface area contributed by atoms with Crippen molar-refractivity contribution in [3.63, 3.8) is 0 Å². The summed E-state index contributed by atoms with van der Waals surface area (Å²) >= 11 is -2.25. The van der Waals surface area contributed by atoms with Gasteiger partial charge in [-0.2, -0.15) is 5.10 Å². The third kappa shape index (κ3) is 3.98. The average molecular weight is 424 g/mol. The van der Waals surface area contributed by atoms with Crippen LogP contribution in [0.15, 0.2) is 25.0 Å². The molecule has 1 unspecified atom stereocenters. The number of aromatic nitrogens is 6. The number of anilines is 1. The molecular formula is C15H20N8O5S. The van der Waals surface area contributed by atoms with E-state index in [0.29, 0.717) is 23.5 Å². The minimum atomic E-state index is -2.25. The normalized spacial score (nSPS) is 25.5. The van der Waals surface area contributed by atoms with Crippen LogP contribution in [-0.4, -0.2) is 73.1 Å². The topological polar surface area (TPSA) is 172 Å². The van der Waals surface area contributed by atoms with E-state index in [9.17, 15) is 14.4 Å². The first-order valence-electron chi connectivity index (χ1n) is 8.69. The Morgan fingerprint density at radius 2 is 2.10 bits per heavy atom. The van der Waals surface area contributed by atoms with Crippen molar-refractivity contribution >= 4 is 28.2 Å². The lowest BCUT2D eigenvalue weighted by molar-refractivity contribution is -0.0330. The lowest BCUT2D eigenvalue weighted by atomic mass is 10.1. The molecule has 14 heteroatoms. The van der Waals surface area contributed by atoms with Gasteiger partial charge >= 0.3 is 0 Å². The van der Waals surface area contributed by atoms with Gasteiger partial charge in [0.25, 0.3) is 0 Å². The van der Waals surface area contributed by atoms with E-state index in [1.54, 1.807) is 10.9 Å². The van der Waals surface area contributed by atoms with Crippen LogP contribution >= 0.6 is 0 Å². The van der Waals surface area contributed by atoms with Crippen molar-refractivity contribution in [1.82, 2.24) is 34.0 Å². The second kappa shape index (κ2) is 8.10. The Morgan fingerprint density at radius 1 is 1.28 bits per heavy atom. The number of aliphatic hydroxyl groups is 2. The number of hydrogen-bond donors (Lipinski definition) is 5. The standard InChI is InChI=1S/C15H20N8O5S/c1-22-5-8(3-20-22)2-16-13-10-14(18-6-17-13)23(7-19-10)15-12(25)11(24)9(28-15)4-21-29(26)27/h3,5-7,9,11-12,15,21,24-25H,2,4H2,1H3,(H,26,27)(H,16,17,18)/t9-,11-,12-,15-/m1/s1. The van der Waals surface area contributed by atoms with Crippen molar-refractivity contribution in [2.45, 2.75) is 31.1 Å². The Bertz CT molecular complexity index is 1030. The molecule has 1 aliphatic rings. The van der Waals surface area contributed by atoms with Crippen LogP contribution in [-0.2, 0) is 29.6 Å². The SMILES string of the molecule is Cn1cc(CNc2ncnc3c2ncn3[C@@H]2O[C@H](CNS(=O)O)[C@@H](O)[C@H]2O)cn1. The van der Waals surface area contributed by atoms with Gasteiger partial charge in [0.2, 0.25) is 11.3 Å². The average Bonchev–Trinajstić information content (AvgIpc) is 3.38. The summed E-state index contributed by atoms with van der Waals surface area (Å²) in [6.45, 7) is 0.373. The number of hydrogen-bond acceptors (Lipinski definition) is 9. The molecule has 0 saturated carbocycles. The third-order valence-electron chi connectivity index (χ3n) is 4.60. The number of ether oxygens (including phenoxy) is 1. The maximum absolute atomic E-state index is 10.8. The fourth-order valence-electron chi connectivity index (χ4n) is 3.20. The van der Waals surface area contributed by atoms with E-state index < -0.39 is 35.8 Å². The molecule has 0 bridgehead atoms. The number of rotatable bonds is 7. The Morgan fingerprint density at radius 3 is 2.83 bits per heavy atom. The summed E-state index contributed by atoms with van der Waals surface area (Å²) in [6, 6.07) is 0. The van der Waals surface area contributed by atoms with E-state index in [0.717, 1.165) is 5.56 Å². The van der Waals surface area contributed by atoms with Crippen molar-refractivity contribution < 1.29 is 23.7 Å². The first-order chi connectivity index (χ1) is 13.9. The molecule has 5 N–H and O–H groups in total. The number of imidazole rings is 1. The van der Waals surface area contributed by atoms with Gasteiger partial charge in [0, 0.05) is 31.9 Å².